The summed E-state index contributed by atoms with van der Waals surface area (Å²) in [4.78, 5) is 16.1. The van der Waals surface area contributed by atoms with Gasteiger partial charge < -0.3 is 4.90 Å². The summed E-state index contributed by atoms with van der Waals surface area (Å²) in [5.41, 5.74) is -0.00750. The van der Waals surface area contributed by atoms with Crippen molar-refractivity contribution in [1.82, 2.24) is 4.98 Å². The molecule has 0 bridgehead atoms. The lowest BCUT2D eigenvalue weighted by Gasteiger charge is -2.31. The third-order valence-electron chi connectivity index (χ3n) is 2.16. The van der Waals surface area contributed by atoms with E-state index in [1.807, 2.05) is 4.90 Å². The molecule has 74 valence electrons. The lowest BCUT2D eigenvalue weighted by atomic mass is 10.2. The number of halogens is 1. The average Bonchev–Trinajstić information content (AvgIpc) is 1.99. The number of hydrogen-bond donors (Lipinski definition) is 0. The molecule has 5 nitrogen and oxygen atoms in total. The van der Waals surface area contributed by atoms with Crippen LogP contribution in [0.1, 0.15) is 6.42 Å². The van der Waals surface area contributed by atoms with Crippen LogP contribution in [0.15, 0.2) is 12.1 Å². The Hall–Kier alpha value is -1.36. The molecule has 2 rings (SSSR count). The third kappa shape index (κ3) is 1.63. The normalized spacial score (nSPS) is 15.1. The van der Waals surface area contributed by atoms with E-state index in [1.54, 1.807) is 0 Å². The molecule has 14 heavy (non-hydrogen) atoms. The van der Waals surface area contributed by atoms with Crippen LogP contribution in [0, 0.1) is 10.1 Å². The van der Waals surface area contributed by atoms with Crippen molar-refractivity contribution in [3.63, 3.8) is 0 Å². The van der Waals surface area contributed by atoms with Crippen LogP contribution in [-0.2, 0) is 0 Å². The van der Waals surface area contributed by atoms with E-state index in [0.29, 0.717) is 5.82 Å². The fraction of sp³-hybridized carbons (Fsp3) is 0.375. The van der Waals surface area contributed by atoms with Crippen LogP contribution in [0.4, 0.5) is 11.5 Å². The standard InChI is InChI=1S/C8H8ClN3O2/c9-7-4-6(12(13)14)5-8(10-7)11-2-1-3-11/h4-5H,1-3H2. The van der Waals surface area contributed by atoms with Crippen molar-refractivity contribution in [2.24, 2.45) is 0 Å². The van der Waals surface area contributed by atoms with Crippen LogP contribution in [0.3, 0.4) is 0 Å². The molecule has 1 aliphatic heterocycles. The van der Waals surface area contributed by atoms with Crippen molar-refractivity contribution < 1.29 is 4.92 Å². The number of aromatic nitrogens is 1. The average molecular weight is 214 g/mol. The van der Waals surface area contributed by atoms with Gasteiger partial charge in [0.25, 0.3) is 5.69 Å². The number of nitro groups is 1. The van der Waals surface area contributed by atoms with E-state index in [0.717, 1.165) is 19.5 Å². The SMILES string of the molecule is O=[N+]([O-])c1cc(Cl)nc(N2CCC2)c1. The first kappa shape index (κ1) is 9.21. The van der Waals surface area contributed by atoms with Gasteiger partial charge in [-0.15, -0.1) is 0 Å². The Labute approximate surface area is 85.5 Å². The minimum Gasteiger partial charge on any atom is -0.356 e. The van der Waals surface area contributed by atoms with Crippen molar-refractivity contribution in [3.8, 4) is 0 Å². The summed E-state index contributed by atoms with van der Waals surface area (Å²) in [7, 11) is 0. The lowest BCUT2D eigenvalue weighted by molar-refractivity contribution is -0.384. The molecular formula is C8H8ClN3O2. The highest BCUT2D eigenvalue weighted by atomic mass is 35.5. The van der Waals surface area contributed by atoms with Gasteiger partial charge in [-0.1, -0.05) is 11.6 Å². The topological polar surface area (TPSA) is 59.3 Å². The van der Waals surface area contributed by atoms with E-state index in [2.05, 4.69) is 4.98 Å². The summed E-state index contributed by atoms with van der Waals surface area (Å²) in [5, 5.41) is 10.7. The minimum atomic E-state index is -0.461. The first-order chi connectivity index (χ1) is 6.66. The lowest BCUT2D eigenvalue weighted by Crippen LogP contribution is -2.37. The van der Waals surface area contributed by atoms with Gasteiger partial charge in [0.1, 0.15) is 11.0 Å². The summed E-state index contributed by atoms with van der Waals surface area (Å²) in [6.45, 7) is 1.79. The number of anilines is 1. The largest absolute Gasteiger partial charge is 0.356 e. The van der Waals surface area contributed by atoms with Crippen LogP contribution < -0.4 is 4.90 Å². The molecule has 0 unspecified atom stereocenters. The van der Waals surface area contributed by atoms with E-state index in [9.17, 15) is 10.1 Å². The summed E-state index contributed by atoms with van der Waals surface area (Å²) >= 11 is 5.68. The molecule has 2 heterocycles. The Morgan fingerprint density at radius 2 is 2.21 bits per heavy atom. The van der Waals surface area contributed by atoms with E-state index < -0.39 is 4.92 Å². The molecule has 0 amide bonds. The summed E-state index contributed by atoms with van der Waals surface area (Å²) < 4.78 is 0. The number of pyridine rings is 1. The Bertz CT molecular complexity index is 379. The van der Waals surface area contributed by atoms with Crippen molar-refractivity contribution in [2.75, 3.05) is 18.0 Å². The molecular weight excluding hydrogens is 206 g/mol. The van der Waals surface area contributed by atoms with Crippen molar-refractivity contribution in [2.45, 2.75) is 6.42 Å². The summed E-state index contributed by atoms with van der Waals surface area (Å²) in [5.74, 6) is 0.593. The predicted octanol–water partition coefficient (Wildman–Crippen LogP) is 1.85. The molecule has 0 N–H and O–H groups in total. The fourth-order valence-electron chi connectivity index (χ4n) is 1.28. The first-order valence-electron chi connectivity index (χ1n) is 4.24. The highest BCUT2D eigenvalue weighted by Crippen LogP contribution is 2.25. The van der Waals surface area contributed by atoms with Gasteiger partial charge in [-0.05, 0) is 6.42 Å². The minimum absolute atomic E-state index is 0.00750. The molecule has 0 radical (unpaired) electrons. The van der Waals surface area contributed by atoms with E-state index in [1.165, 1.54) is 12.1 Å². The van der Waals surface area contributed by atoms with Gasteiger partial charge in [-0.25, -0.2) is 4.98 Å². The monoisotopic (exact) mass is 213 g/mol. The fourth-order valence-corrected chi connectivity index (χ4v) is 1.48. The van der Waals surface area contributed by atoms with Gasteiger partial charge in [0.2, 0.25) is 0 Å². The molecule has 1 aromatic heterocycles. The number of nitrogens with zero attached hydrogens (tertiary/aromatic N) is 3. The molecule has 0 aromatic carbocycles. The predicted molar refractivity (Wildman–Crippen MR) is 52.7 cm³/mol. The maximum atomic E-state index is 10.5. The first-order valence-corrected chi connectivity index (χ1v) is 4.61. The number of hydrogen-bond acceptors (Lipinski definition) is 4. The van der Waals surface area contributed by atoms with Crippen LogP contribution in [-0.4, -0.2) is 23.0 Å². The molecule has 0 saturated carbocycles. The van der Waals surface area contributed by atoms with Gasteiger partial charge in [-0.3, -0.25) is 10.1 Å². The maximum Gasteiger partial charge on any atom is 0.276 e. The highest BCUT2D eigenvalue weighted by molar-refractivity contribution is 6.29. The zero-order valence-corrected chi connectivity index (χ0v) is 8.07. The van der Waals surface area contributed by atoms with E-state index in [4.69, 9.17) is 11.6 Å². The van der Waals surface area contributed by atoms with Crippen LogP contribution in [0.25, 0.3) is 0 Å². The smallest absolute Gasteiger partial charge is 0.276 e. The second-order valence-electron chi connectivity index (χ2n) is 3.10. The Balaban J connectivity index is 2.35. The van der Waals surface area contributed by atoms with Crippen LogP contribution in [0.5, 0.6) is 0 Å². The Kier molecular flexibility index (Phi) is 2.25. The molecule has 0 atom stereocenters. The van der Waals surface area contributed by atoms with Gasteiger partial charge in [0.15, 0.2) is 0 Å². The van der Waals surface area contributed by atoms with Gasteiger partial charge in [-0.2, -0.15) is 0 Å². The molecule has 0 spiro atoms. The quantitative estimate of drug-likeness (QED) is 0.427. The maximum absolute atomic E-state index is 10.5. The Morgan fingerprint density at radius 1 is 1.50 bits per heavy atom. The molecule has 1 aliphatic rings. The molecule has 1 saturated heterocycles. The number of rotatable bonds is 2. The van der Waals surface area contributed by atoms with E-state index in [-0.39, 0.29) is 10.8 Å². The van der Waals surface area contributed by atoms with Gasteiger partial charge in [0.05, 0.1) is 17.1 Å². The zero-order chi connectivity index (χ0) is 10.1. The van der Waals surface area contributed by atoms with Crippen LogP contribution in [0.2, 0.25) is 5.15 Å². The summed E-state index contributed by atoms with van der Waals surface area (Å²) in [6, 6.07) is 2.70. The molecule has 1 aromatic rings. The van der Waals surface area contributed by atoms with Gasteiger partial charge >= 0.3 is 0 Å². The molecule has 6 heteroatoms. The summed E-state index contributed by atoms with van der Waals surface area (Å²) in [6.07, 6.45) is 1.10. The van der Waals surface area contributed by atoms with Gasteiger partial charge in [0, 0.05) is 13.1 Å². The zero-order valence-electron chi connectivity index (χ0n) is 7.31. The second kappa shape index (κ2) is 3.42. The highest BCUT2D eigenvalue weighted by Gasteiger charge is 2.19. The second-order valence-corrected chi connectivity index (χ2v) is 3.49. The van der Waals surface area contributed by atoms with Crippen LogP contribution >= 0.6 is 11.6 Å². The molecule has 1 fully saturated rings. The Morgan fingerprint density at radius 3 is 2.71 bits per heavy atom. The van der Waals surface area contributed by atoms with Crippen molar-refractivity contribution >= 4 is 23.1 Å². The third-order valence-corrected chi connectivity index (χ3v) is 2.35. The van der Waals surface area contributed by atoms with Crippen molar-refractivity contribution in [3.05, 3.63) is 27.4 Å². The molecule has 0 aliphatic carbocycles. The van der Waals surface area contributed by atoms with Crippen molar-refractivity contribution in [1.29, 1.82) is 0 Å². The van der Waals surface area contributed by atoms with E-state index >= 15 is 0 Å².